The Hall–Kier alpha value is -3.23. The molecule has 4 rings (SSSR count). The molecule has 0 aliphatic heterocycles. The van der Waals surface area contributed by atoms with E-state index in [2.05, 4.69) is 25.9 Å². The molecule has 2 heterocycles. The molecule has 0 unspecified atom stereocenters. The second kappa shape index (κ2) is 6.58. The zero-order valence-electron chi connectivity index (χ0n) is 14.2. The van der Waals surface area contributed by atoms with Crippen molar-refractivity contribution >= 4 is 34.4 Å². The van der Waals surface area contributed by atoms with Crippen molar-refractivity contribution in [3.8, 4) is 0 Å². The van der Waals surface area contributed by atoms with Gasteiger partial charge in [-0.1, -0.05) is 11.6 Å². The summed E-state index contributed by atoms with van der Waals surface area (Å²) in [6.45, 7) is 1.75. The van der Waals surface area contributed by atoms with Crippen molar-refractivity contribution in [2.75, 3.05) is 10.6 Å². The van der Waals surface area contributed by atoms with Crippen molar-refractivity contribution in [1.29, 1.82) is 0 Å². The number of aryl methyl sites for hydroxylation is 1. The second-order valence-corrected chi connectivity index (χ2v) is 6.38. The quantitative estimate of drug-likeness (QED) is 0.725. The number of carbonyl (C=O) groups excluding carboxylic acids is 2. The lowest BCUT2D eigenvalue weighted by Crippen LogP contribution is -2.28. The minimum atomic E-state index is -0.262. The van der Waals surface area contributed by atoms with Crippen LogP contribution >= 0.6 is 0 Å². The van der Waals surface area contributed by atoms with E-state index in [1.165, 1.54) is 4.68 Å². The molecule has 1 aromatic carbocycles. The van der Waals surface area contributed by atoms with Crippen LogP contribution in [-0.2, 0) is 16.1 Å². The van der Waals surface area contributed by atoms with Crippen LogP contribution in [0.4, 0.5) is 11.5 Å². The molecule has 0 spiro atoms. The van der Waals surface area contributed by atoms with Gasteiger partial charge >= 0.3 is 0 Å². The zero-order chi connectivity index (χ0) is 18.1. The maximum Gasteiger partial charge on any atom is 0.246 e. The molecule has 0 atom stereocenters. The summed E-state index contributed by atoms with van der Waals surface area (Å²) < 4.78 is 6.83. The topological polar surface area (TPSA) is 115 Å². The highest BCUT2D eigenvalue weighted by molar-refractivity contribution is 5.93. The molecule has 2 aromatic heterocycles. The minimum absolute atomic E-state index is 0.0141. The smallest absolute Gasteiger partial charge is 0.246 e. The summed E-state index contributed by atoms with van der Waals surface area (Å²) in [5.74, 6) is 0.694. The van der Waals surface area contributed by atoms with Crippen LogP contribution in [0.25, 0.3) is 11.1 Å². The van der Waals surface area contributed by atoms with Gasteiger partial charge in [0.25, 0.3) is 0 Å². The first kappa shape index (κ1) is 16.2. The van der Waals surface area contributed by atoms with E-state index in [4.69, 9.17) is 4.42 Å². The van der Waals surface area contributed by atoms with Gasteiger partial charge in [-0.2, -0.15) is 0 Å². The van der Waals surface area contributed by atoms with E-state index in [1.54, 1.807) is 31.3 Å². The predicted octanol–water partition coefficient (Wildman–Crippen LogP) is 2.11. The Morgan fingerprint density at radius 3 is 2.92 bits per heavy atom. The summed E-state index contributed by atoms with van der Waals surface area (Å²) >= 11 is 0. The van der Waals surface area contributed by atoms with Gasteiger partial charge in [-0.15, -0.1) is 5.10 Å². The molecule has 2 amide bonds. The lowest BCUT2D eigenvalue weighted by molar-refractivity contribution is -0.122. The molecule has 1 aliphatic carbocycles. The van der Waals surface area contributed by atoms with Crippen LogP contribution in [0.2, 0.25) is 0 Å². The predicted molar refractivity (Wildman–Crippen MR) is 93.4 cm³/mol. The van der Waals surface area contributed by atoms with Crippen LogP contribution in [0.15, 0.2) is 28.8 Å². The van der Waals surface area contributed by atoms with E-state index in [-0.39, 0.29) is 24.3 Å². The van der Waals surface area contributed by atoms with Gasteiger partial charge in [0.15, 0.2) is 17.3 Å². The lowest BCUT2D eigenvalue weighted by atomic mass is 9.85. The molecule has 134 valence electrons. The first-order valence-corrected chi connectivity index (χ1v) is 8.45. The van der Waals surface area contributed by atoms with E-state index in [0.717, 1.165) is 24.8 Å². The standard InChI is InChI=1S/C17H18N6O3/c1-10-18-13-6-5-12(7-14(13)26-10)19-16(24)9-23-8-15(21-22-23)20-17(25)11-3-2-4-11/h5-8,11H,2-4,9H2,1H3,(H,19,24)(H,20,25). The van der Waals surface area contributed by atoms with Crippen LogP contribution in [0.5, 0.6) is 0 Å². The second-order valence-electron chi connectivity index (χ2n) is 6.38. The van der Waals surface area contributed by atoms with Crippen molar-refractivity contribution in [2.45, 2.75) is 32.7 Å². The third-order valence-corrected chi connectivity index (χ3v) is 4.35. The molecule has 0 saturated heterocycles. The van der Waals surface area contributed by atoms with Crippen molar-refractivity contribution in [3.63, 3.8) is 0 Å². The maximum absolute atomic E-state index is 12.2. The number of amides is 2. The largest absolute Gasteiger partial charge is 0.441 e. The van der Waals surface area contributed by atoms with Crippen LogP contribution in [0, 0.1) is 12.8 Å². The molecule has 0 radical (unpaired) electrons. The molecular formula is C17H18N6O3. The summed E-state index contributed by atoms with van der Waals surface area (Å²) in [7, 11) is 0. The minimum Gasteiger partial charge on any atom is -0.441 e. The third kappa shape index (κ3) is 3.41. The van der Waals surface area contributed by atoms with Crippen molar-refractivity contribution in [1.82, 2.24) is 20.0 Å². The number of nitrogens with one attached hydrogen (secondary N) is 2. The van der Waals surface area contributed by atoms with Gasteiger partial charge in [-0.3, -0.25) is 9.59 Å². The highest BCUT2D eigenvalue weighted by atomic mass is 16.3. The number of fused-ring (bicyclic) bond motifs is 1. The Balaban J connectivity index is 1.35. The lowest BCUT2D eigenvalue weighted by Gasteiger charge is -2.23. The molecule has 1 aliphatic rings. The number of hydrogen-bond donors (Lipinski definition) is 2. The first-order chi connectivity index (χ1) is 12.6. The van der Waals surface area contributed by atoms with E-state index in [9.17, 15) is 9.59 Å². The molecular weight excluding hydrogens is 336 g/mol. The van der Waals surface area contributed by atoms with Crippen molar-refractivity contribution in [3.05, 3.63) is 30.3 Å². The van der Waals surface area contributed by atoms with E-state index in [1.807, 2.05) is 0 Å². The Morgan fingerprint density at radius 2 is 2.15 bits per heavy atom. The van der Waals surface area contributed by atoms with Gasteiger partial charge < -0.3 is 15.1 Å². The summed E-state index contributed by atoms with van der Waals surface area (Å²) in [5, 5.41) is 13.2. The van der Waals surface area contributed by atoms with Gasteiger partial charge in [-0.25, -0.2) is 9.67 Å². The zero-order valence-corrected chi connectivity index (χ0v) is 14.2. The molecule has 2 N–H and O–H groups in total. The monoisotopic (exact) mass is 354 g/mol. The molecule has 1 fully saturated rings. The molecule has 9 heteroatoms. The van der Waals surface area contributed by atoms with Gasteiger partial charge in [-0.05, 0) is 25.0 Å². The fourth-order valence-corrected chi connectivity index (χ4v) is 2.80. The number of anilines is 2. The van der Waals surface area contributed by atoms with Crippen LogP contribution in [-0.4, -0.2) is 31.8 Å². The Morgan fingerprint density at radius 1 is 1.31 bits per heavy atom. The molecule has 9 nitrogen and oxygen atoms in total. The molecule has 26 heavy (non-hydrogen) atoms. The normalized spacial score (nSPS) is 14.2. The van der Waals surface area contributed by atoms with Crippen LogP contribution in [0.3, 0.4) is 0 Å². The Bertz CT molecular complexity index is 972. The number of nitrogens with zero attached hydrogens (tertiary/aromatic N) is 4. The van der Waals surface area contributed by atoms with Gasteiger partial charge in [0.2, 0.25) is 11.8 Å². The average Bonchev–Trinajstić information content (AvgIpc) is 3.10. The summed E-state index contributed by atoms with van der Waals surface area (Å²) in [6.07, 6.45) is 4.46. The molecule has 3 aromatic rings. The number of carbonyl (C=O) groups is 2. The summed E-state index contributed by atoms with van der Waals surface area (Å²) in [6, 6.07) is 5.26. The SMILES string of the molecule is Cc1nc2ccc(NC(=O)Cn3cc(NC(=O)C4CCC4)nn3)cc2o1. The van der Waals surface area contributed by atoms with Crippen LogP contribution in [0.1, 0.15) is 25.2 Å². The first-order valence-electron chi connectivity index (χ1n) is 8.45. The Labute approximate surface area is 148 Å². The Kier molecular flexibility index (Phi) is 4.11. The fourth-order valence-electron chi connectivity index (χ4n) is 2.80. The number of oxazole rings is 1. The van der Waals surface area contributed by atoms with E-state index >= 15 is 0 Å². The highest BCUT2D eigenvalue weighted by Gasteiger charge is 2.25. The van der Waals surface area contributed by atoms with Crippen LogP contribution < -0.4 is 10.6 Å². The summed E-state index contributed by atoms with van der Waals surface area (Å²) in [4.78, 5) is 28.3. The van der Waals surface area contributed by atoms with E-state index < -0.39 is 0 Å². The summed E-state index contributed by atoms with van der Waals surface area (Å²) in [5.41, 5.74) is 1.96. The molecule has 1 saturated carbocycles. The van der Waals surface area contributed by atoms with Gasteiger partial charge in [0, 0.05) is 24.6 Å². The van der Waals surface area contributed by atoms with Gasteiger partial charge in [0.05, 0.1) is 6.20 Å². The number of aromatic nitrogens is 4. The van der Waals surface area contributed by atoms with Crippen molar-refractivity contribution in [2.24, 2.45) is 5.92 Å². The maximum atomic E-state index is 12.2. The van der Waals surface area contributed by atoms with E-state index in [0.29, 0.717) is 23.0 Å². The third-order valence-electron chi connectivity index (χ3n) is 4.35. The highest BCUT2D eigenvalue weighted by Crippen LogP contribution is 2.27. The number of rotatable bonds is 5. The number of benzene rings is 1. The van der Waals surface area contributed by atoms with Gasteiger partial charge in [0.1, 0.15) is 12.1 Å². The van der Waals surface area contributed by atoms with Crippen molar-refractivity contribution < 1.29 is 14.0 Å². The molecule has 0 bridgehead atoms. The average molecular weight is 354 g/mol. The fraction of sp³-hybridized carbons (Fsp3) is 0.353. The number of hydrogen-bond acceptors (Lipinski definition) is 6.